The monoisotopic (exact) mass is 477 g/mol. The Morgan fingerprint density at radius 1 is 0.971 bits per heavy atom. The number of Topliss-reactive ketones (excluding diaryl/α,β-unsaturated/α-hetero) is 1. The van der Waals surface area contributed by atoms with E-state index in [9.17, 15) is 13.2 Å². The SMILES string of the molecule is Cc1cc(C(=O)C[C@H](c2ccc(N3CCN(S(C)(=O)=O)CC3)cc2)c2ccccc2C)ccn1. The summed E-state index contributed by atoms with van der Waals surface area (Å²) in [6.07, 6.45) is 3.32. The molecule has 0 bridgehead atoms. The molecule has 0 unspecified atom stereocenters. The van der Waals surface area contributed by atoms with E-state index in [4.69, 9.17) is 0 Å². The van der Waals surface area contributed by atoms with E-state index in [1.165, 1.54) is 10.6 Å². The second-order valence-electron chi connectivity index (χ2n) is 8.96. The zero-order valence-electron chi connectivity index (χ0n) is 19.9. The van der Waals surface area contributed by atoms with Crippen LogP contribution in [0.5, 0.6) is 0 Å². The van der Waals surface area contributed by atoms with Crippen molar-refractivity contribution in [3.63, 3.8) is 0 Å². The second kappa shape index (κ2) is 10.1. The van der Waals surface area contributed by atoms with E-state index in [0.29, 0.717) is 38.2 Å². The van der Waals surface area contributed by atoms with Crippen molar-refractivity contribution in [2.75, 3.05) is 37.3 Å². The summed E-state index contributed by atoms with van der Waals surface area (Å²) in [5.74, 6) is 0.0398. The number of hydrogen-bond acceptors (Lipinski definition) is 5. The maximum absolute atomic E-state index is 13.2. The van der Waals surface area contributed by atoms with Crippen LogP contribution in [0.25, 0.3) is 0 Å². The van der Waals surface area contributed by atoms with E-state index >= 15 is 0 Å². The number of carbonyl (C=O) groups excluding carboxylic acids is 1. The normalized spacial score (nSPS) is 15.8. The number of carbonyl (C=O) groups is 1. The number of hydrogen-bond donors (Lipinski definition) is 0. The number of rotatable bonds is 7. The van der Waals surface area contributed by atoms with Crippen LogP contribution in [0, 0.1) is 13.8 Å². The van der Waals surface area contributed by atoms with Crippen molar-refractivity contribution in [3.8, 4) is 0 Å². The maximum atomic E-state index is 13.2. The van der Waals surface area contributed by atoms with Crippen LogP contribution in [0.4, 0.5) is 5.69 Å². The summed E-state index contributed by atoms with van der Waals surface area (Å²) in [5.41, 5.74) is 5.98. The molecule has 0 aliphatic carbocycles. The molecular weight excluding hydrogens is 446 g/mol. The van der Waals surface area contributed by atoms with Crippen LogP contribution in [-0.4, -0.2) is 55.9 Å². The lowest BCUT2D eigenvalue weighted by Gasteiger charge is -2.35. The van der Waals surface area contributed by atoms with Gasteiger partial charge in [-0.05, 0) is 54.8 Å². The van der Waals surface area contributed by atoms with Crippen LogP contribution >= 0.6 is 0 Å². The number of aryl methyl sites for hydroxylation is 2. The van der Waals surface area contributed by atoms with E-state index < -0.39 is 10.0 Å². The Hall–Kier alpha value is -3.03. The van der Waals surface area contributed by atoms with Crippen LogP contribution in [-0.2, 0) is 10.0 Å². The highest BCUT2D eigenvalue weighted by atomic mass is 32.2. The first kappa shape index (κ1) is 24.1. The molecule has 7 heteroatoms. The van der Waals surface area contributed by atoms with Crippen molar-refractivity contribution >= 4 is 21.5 Å². The van der Waals surface area contributed by atoms with Crippen LogP contribution in [0.2, 0.25) is 0 Å². The van der Waals surface area contributed by atoms with Crippen molar-refractivity contribution in [2.24, 2.45) is 0 Å². The number of aromatic nitrogens is 1. The standard InChI is InChI=1S/C27H31N3O3S/c1-20-6-4-5-7-25(20)26(19-27(31)23-12-13-28-21(2)18-23)22-8-10-24(11-9-22)29-14-16-30(17-15-29)34(3,32)33/h4-13,18,26H,14-17,19H2,1-3H3/t26-/m1/s1. The first-order valence-electron chi connectivity index (χ1n) is 11.5. The van der Waals surface area contributed by atoms with E-state index in [1.807, 2.05) is 25.1 Å². The summed E-state index contributed by atoms with van der Waals surface area (Å²) in [6, 6.07) is 20.2. The molecule has 1 aromatic heterocycles. The molecule has 1 aliphatic heterocycles. The van der Waals surface area contributed by atoms with Crippen molar-refractivity contribution < 1.29 is 13.2 Å². The minimum atomic E-state index is -3.15. The van der Waals surface area contributed by atoms with Gasteiger partial charge in [-0.25, -0.2) is 8.42 Å². The number of sulfonamides is 1. The number of pyridine rings is 1. The third-order valence-electron chi connectivity index (χ3n) is 6.54. The van der Waals surface area contributed by atoms with Gasteiger partial charge in [0.1, 0.15) is 0 Å². The number of benzene rings is 2. The first-order valence-corrected chi connectivity index (χ1v) is 13.4. The smallest absolute Gasteiger partial charge is 0.211 e. The molecule has 178 valence electrons. The number of anilines is 1. The average Bonchev–Trinajstić information content (AvgIpc) is 2.83. The zero-order chi connectivity index (χ0) is 24.3. The lowest BCUT2D eigenvalue weighted by Crippen LogP contribution is -2.48. The second-order valence-corrected chi connectivity index (χ2v) is 10.9. The van der Waals surface area contributed by atoms with Gasteiger partial charge in [-0.15, -0.1) is 0 Å². The molecule has 1 fully saturated rings. The molecule has 0 amide bonds. The van der Waals surface area contributed by atoms with E-state index in [2.05, 4.69) is 53.2 Å². The molecule has 0 radical (unpaired) electrons. The number of piperazine rings is 1. The molecule has 2 heterocycles. The summed E-state index contributed by atoms with van der Waals surface area (Å²) >= 11 is 0. The van der Waals surface area contributed by atoms with Gasteiger partial charge in [0.25, 0.3) is 0 Å². The third kappa shape index (κ3) is 5.54. The van der Waals surface area contributed by atoms with E-state index in [1.54, 1.807) is 12.3 Å². The minimum Gasteiger partial charge on any atom is -0.369 e. The van der Waals surface area contributed by atoms with E-state index in [-0.39, 0.29) is 11.7 Å². The van der Waals surface area contributed by atoms with Gasteiger partial charge < -0.3 is 4.90 Å². The number of nitrogens with zero attached hydrogens (tertiary/aromatic N) is 3. The van der Waals surface area contributed by atoms with Gasteiger partial charge in [-0.3, -0.25) is 9.78 Å². The van der Waals surface area contributed by atoms with Crippen molar-refractivity contribution in [1.82, 2.24) is 9.29 Å². The Balaban J connectivity index is 1.57. The Labute approximate surface area is 202 Å². The van der Waals surface area contributed by atoms with Gasteiger partial charge in [-0.1, -0.05) is 36.4 Å². The molecule has 6 nitrogen and oxygen atoms in total. The molecule has 2 aromatic carbocycles. The molecule has 0 N–H and O–H groups in total. The van der Waals surface area contributed by atoms with Crippen LogP contribution < -0.4 is 4.90 Å². The molecule has 34 heavy (non-hydrogen) atoms. The van der Waals surface area contributed by atoms with Crippen molar-refractivity contribution in [3.05, 3.63) is 94.8 Å². The quantitative estimate of drug-likeness (QED) is 0.478. The van der Waals surface area contributed by atoms with Crippen LogP contribution in [0.3, 0.4) is 0 Å². The van der Waals surface area contributed by atoms with E-state index in [0.717, 1.165) is 28.1 Å². The molecule has 0 saturated carbocycles. The fourth-order valence-electron chi connectivity index (χ4n) is 4.60. The summed E-state index contributed by atoms with van der Waals surface area (Å²) in [7, 11) is -3.15. The molecule has 1 atom stereocenters. The van der Waals surface area contributed by atoms with Crippen LogP contribution in [0.15, 0.2) is 66.9 Å². The predicted octanol–water partition coefficient (Wildman–Crippen LogP) is 4.18. The molecule has 0 spiro atoms. The first-order chi connectivity index (χ1) is 16.2. The van der Waals surface area contributed by atoms with Gasteiger partial charge >= 0.3 is 0 Å². The minimum absolute atomic E-state index is 0.0571. The summed E-state index contributed by atoms with van der Waals surface area (Å²) in [5, 5.41) is 0. The van der Waals surface area contributed by atoms with Crippen molar-refractivity contribution in [1.29, 1.82) is 0 Å². The highest BCUT2D eigenvalue weighted by Gasteiger charge is 2.24. The van der Waals surface area contributed by atoms with Gasteiger partial charge in [-0.2, -0.15) is 4.31 Å². The number of ketones is 1. The van der Waals surface area contributed by atoms with Gasteiger partial charge in [0, 0.05) is 61.7 Å². The topological polar surface area (TPSA) is 70.6 Å². The predicted molar refractivity (Wildman–Crippen MR) is 136 cm³/mol. The Kier molecular flexibility index (Phi) is 7.14. The highest BCUT2D eigenvalue weighted by Crippen LogP contribution is 2.33. The van der Waals surface area contributed by atoms with Gasteiger partial charge in [0.05, 0.1) is 6.26 Å². The Morgan fingerprint density at radius 2 is 1.65 bits per heavy atom. The van der Waals surface area contributed by atoms with Crippen molar-refractivity contribution in [2.45, 2.75) is 26.2 Å². The Bertz CT molecular complexity index is 1260. The molecular formula is C27H31N3O3S. The fraction of sp³-hybridized carbons (Fsp3) is 0.333. The summed E-state index contributed by atoms with van der Waals surface area (Å²) in [6.45, 7) is 6.28. The van der Waals surface area contributed by atoms with Crippen LogP contribution in [0.1, 0.15) is 45.1 Å². The third-order valence-corrected chi connectivity index (χ3v) is 7.84. The molecule has 3 aromatic rings. The maximum Gasteiger partial charge on any atom is 0.211 e. The lowest BCUT2D eigenvalue weighted by atomic mass is 9.83. The highest BCUT2D eigenvalue weighted by molar-refractivity contribution is 7.88. The molecule has 4 rings (SSSR count). The molecule has 1 saturated heterocycles. The largest absolute Gasteiger partial charge is 0.369 e. The lowest BCUT2D eigenvalue weighted by molar-refractivity contribution is 0.0977. The fourth-order valence-corrected chi connectivity index (χ4v) is 5.43. The molecule has 1 aliphatic rings. The summed E-state index contributed by atoms with van der Waals surface area (Å²) < 4.78 is 25.1. The van der Waals surface area contributed by atoms with Gasteiger partial charge in [0.2, 0.25) is 10.0 Å². The summed E-state index contributed by atoms with van der Waals surface area (Å²) in [4.78, 5) is 19.6. The zero-order valence-corrected chi connectivity index (χ0v) is 20.8. The Morgan fingerprint density at radius 3 is 2.26 bits per heavy atom. The van der Waals surface area contributed by atoms with Gasteiger partial charge in [0.15, 0.2) is 5.78 Å². The average molecular weight is 478 g/mol.